The molecule has 2 aromatic carbocycles. The zero-order valence-electron chi connectivity index (χ0n) is 16.8. The van der Waals surface area contributed by atoms with E-state index in [-0.39, 0.29) is 23.6 Å². The first-order valence-electron chi connectivity index (χ1n) is 9.59. The van der Waals surface area contributed by atoms with Crippen LogP contribution in [0.25, 0.3) is 0 Å². The van der Waals surface area contributed by atoms with Crippen molar-refractivity contribution in [3.63, 3.8) is 0 Å². The van der Waals surface area contributed by atoms with Crippen LogP contribution in [-0.4, -0.2) is 18.9 Å². The molecule has 0 radical (unpaired) electrons. The Morgan fingerprint density at radius 3 is 2.43 bits per heavy atom. The van der Waals surface area contributed by atoms with Crippen LogP contribution in [0.1, 0.15) is 54.2 Å². The van der Waals surface area contributed by atoms with Crippen molar-refractivity contribution in [1.82, 2.24) is 5.32 Å². The Balaban J connectivity index is 0.00000280. The molecule has 1 N–H and O–H groups in total. The lowest BCUT2D eigenvalue weighted by Gasteiger charge is -2.17. The number of halogens is 2. The van der Waals surface area contributed by atoms with Crippen molar-refractivity contribution >= 4 is 41.6 Å². The Kier molecular flexibility index (Phi) is 8.44. The van der Waals surface area contributed by atoms with Gasteiger partial charge >= 0.3 is 0 Å². The fourth-order valence-electron chi connectivity index (χ4n) is 3.39. The summed E-state index contributed by atoms with van der Waals surface area (Å²) in [5, 5.41) is 4.31. The first-order chi connectivity index (χ1) is 12.8. The average Bonchev–Trinajstić information content (AvgIpc) is 2.85. The monoisotopic (exact) mass is 437 g/mol. The molecule has 5 heteroatoms. The largest absolute Gasteiger partial charge is 0.316 e. The van der Waals surface area contributed by atoms with E-state index in [9.17, 15) is 4.79 Å². The predicted octanol–water partition coefficient (Wildman–Crippen LogP) is 6.36. The first kappa shape index (κ1) is 23.3. The second-order valence-corrected chi connectivity index (χ2v) is 9.80. The van der Waals surface area contributed by atoms with E-state index in [0.29, 0.717) is 6.42 Å². The summed E-state index contributed by atoms with van der Waals surface area (Å²) in [6.45, 7) is 8.32. The highest BCUT2D eigenvalue weighted by atomic mass is 35.5. The molecular formula is C23H29Cl2NOS. The maximum atomic E-state index is 12.4. The lowest BCUT2D eigenvalue weighted by molar-refractivity contribution is 0.0940. The highest BCUT2D eigenvalue weighted by molar-refractivity contribution is 7.98. The van der Waals surface area contributed by atoms with Crippen molar-refractivity contribution in [2.24, 2.45) is 5.41 Å². The number of nitrogens with one attached hydrogen (secondary N) is 1. The topological polar surface area (TPSA) is 29.1 Å². The minimum atomic E-state index is 0. The minimum absolute atomic E-state index is 0. The van der Waals surface area contributed by atoms with Gasteiger partial charge in [0.15, 0.2) is 5.78 Å². The Morgan fingerprint density at radius 2 is 1.75 bits per heavy atom. The molecule has 0 amide bonds. The molecule has 2 aromatic rings. The Bertz CT molecular complexity index is 813. The summed E-state index contributed by atoms with van der Waals surface area (Å²) in [6.07, 6.45) is 2.66. The molecule has 0 fully saturated rings. The molecule has 28 heavy (non-hydrogen) atoms. The number of fused-ring (bicyclic) bond motifs is 1. The summed E-state index contributed by atoms with van der Waals surface area (Å²) in [7, 11) is 0. The molecular weight excluding hydrogens is 409 g/mol. The van der Waals surface area contributed by atoms with Crippen molar-refractivity contribution < 1.29 is 4.79 Å². The van der Waals surface area contributed by atoms with Gasteiger partial charge in [0.05, 0.1) is 5.02 Å². The second-order valence-electron chi connectivity index (χ2n) is 8.41. The molecule has 0 unspecified atom stereocenters. The van der Waals surface area contributed by atoms with E-state index < -0.39 is 0 Å². The van der Waals surface area contributed by atoms with E-state index in [1.807, 2.05) is 18.2 Å². The quantitative estimate of drug-likeness (QED) is 0.435. The smallest absolute Gasteiger partial charge is 0.163 e. The fraction of sp³-hybridized carbons (Fsp3) is 0.435. The summed E-state index contributed by atoms with van der Waals surface area (Å²) in [4.78, 5) is 13.6. The van der Waals surface area contributed by atoms with Gasteiger partial charge in [0.1, 0.15) is 0 Å². The van der Waals surface area contributed by atoms with Gasteiger partial charge in [-0.05, 0) is 54.1 Å². The SMILES string of the molecule is CC(C)(C)CC(=O)c1ccc(CSc2c(Cl)ccc3c2CCNCC3)cc1.Cl. The number of carbonyl (C=O) groups excluding carboxylic acids is 1. The summed E-state index contributed by atoms with van der Waals surface area (Å²) in [5.41, 5.74) is 4.84. The molecule has 0 aromatic heterocycles. The number of carbonyl (C=O) groups is 1. The lowest BCUT2D eigenvalue weighted by atomic mass is 9.88. The summed E-state index contributed by atoms with van der Waals surface area (Å²) < 4.78 is 0. The number of hydrogen-bond donors (Lipinski definition) is 1. The van der Waals surface area contributed by atoms with Gasteiger partial charge in [-0.15, -0.1) is 24.2 Å². The van der Waals surface area contributed by atoms with Gasteiger partial charge < -0.3 is 5.32 Å². The average molecular weight is 438 g/mol. The Labute approximate surface area is 184 Å². The highest BCUT2D eigenvalue weighted by Crippen LogP contribution is 2.36. The van der Waals surface area contributed by atoms with Crippen LogP contribution < -0.4 is 5.32 Å². The Hall–Kier alpha value is -1.00. The highest BCUT2D eigenvalue weighted by Gasteiger charge is 2.18. The van der Waals surface area contributed by atoms with E-state index in [0.717, 1.165) is 42.3 Å². The standard InChI is InChI=1S/C23H28ClNOS.ClH/c1-23(2,3)14-21(26)18-6-4-16(5-7-18)15-27-22-19-11-13-25-12-10-17(19)8-9-20(22)24;/h4-9,25H,10-15H2,1-3H3;1H. The van der Waals surface area contributed by atoms with Crippen LogP contribution in [-0.2, 0) is 18.6 Å². The van der Waals surface area contributed by atoms with Crippen molar-refractivity contribution in [2.75, 3.05) is 13.1 Å². The van der Waals surface area contributed by atoms with Gasteiger partial charge in [0, 0.05) is 22.6 Å². The van der Waals surface area contributed by atoms with Crippen LogP contribution in [0.4, 0.5) is 0 Å². The zero-order chi connectivity index (χ0) is 19.4. The third kappa shape index (κ3) is 6.25. The van der Waals surface area contributed by atoms with Crippen molar-refractivity contribution in [3.8, 4) is 0 Å². The normalized spacial score (nSPS) is 14.0. The van der Waals surface area contributed by atoms with E-state index in [2.05, 4.69) is 44.3 Å². The number of benzene rings is 2. The van der Waals surface area contributed by atoms with Crippen LogP contribution >= 0.6 is 35.8 Å². The minimum Gasteiger partial charge on any atom is -0.316 e. The third-order valence-electron chi connectivity index (χ3n) is 4.78. The van der Waals surface area contributed by atoms with Crippen LogP contribution in [0.5, 0.6) is 0 Å². The molecule has 0 atom stereocenters. The van der Waals surface area contributed by atoms with E-state index in [1.165, 1.54) is 21.6 Å². The molecule has 0 bridgehead atoms. The molecule has 0 spiro atoms. The van der Waals surface area contributed by atoms with Crippen LogP contribution in [0.2, 0.25) is 5.02 Å². The van der Waals surface area contributed by atoms with E-state index >= 15 is 0 Å². The molecule has 2 nitrogen and oxygen atoms in total. The van der Waals surface area contributed by atoms with E-state index in [1.54, 1.807) is 11.8 Å². The zero-order valence-corrected chi connectivity index (χ0v) is 19.2. The molecule has 152 valence electrons. The number of ketones is 1. The molecule has 3 rings (SSSR count). The number of Topliss-reactive ketones (excluding diaryl/α,β-unsaturated/α-hetero) is 1. The lowest BCUT2D eigenvalue weighted by Crippen LogP contribution is -2.16. The molecule has 0 aliphatic carbocycles. The van der Waals surface area contributed by atoms with Gasteiger partial charge in [0.25, 0.3) is 0 Å². The molecule has 1 aliphatic rings. The van der Waals surface area contributed by atoms with Gasteiger partial charge in [0.2, 0.25) is 0 Å². The number of hydrogen-bond acceptors (Lipinski definition) is 3. The summed E-state index contributed by atoms with van der Waals surface area (Å²) >= 11 is 8.33. The maximum Gasteiger partial charge on any atom is 0.163 e. The van der Waals surface area contributed by atoms with Crippen LogP contribution in [0, 0.1) is 5.41 Å². The van der Waals surface area contributed by atoms with Gasteiger partial charge in [-0.2, -0.15) is 0 Å². The third-order valence-corrected chi connectivity index (χ3v) is 6.44. The van der Waals surface area contributed by atoms with Gasteiger partial charge in [-0.3, -0.25) is 4.79 Å². The number of rotatable bonds is 5. The molecule has 0 saturated heterocycles. The van der Waals surface area contributed by atoms with Gasteiger partial charge in [-0.1, -0.05) is 62.7 Å². The van der Waals surface area contributed by atoms with Gasteiger partial charge in [-0.25, -0.2) is 0 Å². The van der Waals surface area contributed by atoms with Crippen molar-refractivity contribution in [2.45, 2.75) is 50.7 Å². The van der Waals surface area contributed by atoms with Crippen molar-refractivity contribution in [3.05, 3.63) is 63.7 Å². The fourth-order valence-corrected chi connectivity index (χ4v) is 4.85. The molecule has 1 aliphatic heterocycles. The molecule has 0 saturated carbocycles. The second kappa shape index (κ2) is 10.2. The Morgan fingerprint density at radius 1 is 1.07 bits per heavy atom. The predicted molar refractivity (Wildman–Crippen MR) is 123 cm³/mol. The summed E-state index contributed by atoms with van der Waals surface area (Å²) in [5.74, 6) is 1.07. The van der Waals surface area contributed by atoms with Crippen LogP contribution in [0.3, 0.4) is 0 Å². The van der Waals surface area contributed by atoms with Crippen LogP contribution in [0.15, 0.2) is 41.3 Å². The first-order valence-corrected chi connectivity index (χ1v) is 11.0. The summed E-state index contributed by atoms with van der Waals surface area (Å²) in [6, 6.07) is 12.3. The van der Waals surface area contributed by atoms with E-state index in [4.69, 9.17) is 11.6 Å². The maximum absolute atomic E-state index is 12.4. The van der Waals surface area contributed by atoms with Crippen molar-refractivity contribution in [1.29, 1.82) is 0 Å². The number of thioether (sulfide) groups is 1. The molecule has 1 heterocycles.